The van der Waals surface area contributed by atoms with Crippen LogP contribution in [0.5, 0.6) is 0 Å². The predicted molar refractivity (Wildman–Crippen MR) is 200 cm³/mol. The first-order chi connectivity index (χ1) is 23.3. The third-order valence-corrected chi connectivity index (χ3v) is 9.79. The number of hydrogen-bond acceptors (Lipinski definition) is 1. The highest BCUT2D eigenvalue weighted by Gasteiger charge is 2.17. The van der Waals surface area contributed by atoms with E-state index in [1.54, 1.807) is 0 Å². The van der Waals surface area contributed by atoms with E-state index in [2.05, 4.69) is 170 Å². The highest BCUT2D eigenvalue weighted by molar-refractivity contribution is 6.22. The molecule has 10 rings (SSSR count). The van der Waals surface area contributed by atoms with E-state index >= 15 is 0 Å². The Morgan fingerprint density at radius 2 is 0.745 bits per heavy atom. The van der Waals surface area contributed by atoms with Gasteiger partial charge in [-0.3, -0.25) is 0 Å². The molecule has 1 heterocycles. The molecule has 218 valence electrons. The van der Waals surface area contributed by atoms with Gasteiger partial charge in [0.05, 0.1) is 0 Å². The normalized spacial score (nSPS) is 11.8. The Labute approximate surface area is 271 Å². The van der Waals surface area contributed by atoms with Gasteiger partial charge in [-0.2, -0.15) is 0 Å². The van der Waals surface area contributed by atoms with Crippen molar-refractivity contribution in [3.63, 3.8) is 0 Å². The van der Waals surface area contributed by atoms with Gasteiger partial charge in [0, 0.05) is 10.8 Å². The SMILES string of the molecule is c1cc(-c2ccc3oc4cc5ccccc5cc4c3c2)cc(-c2c3ccccc3c(-c3ccc4ccccc4c3)c3ccccc23)c1. The minimum Gasteiger partial charge on any atom is -0.456 e. The molecule has 0 aliphatic rings. The van der Waals surface area contributed by atoms with Crippen LogP contribution in [0.25, 0.3) is 98.4 Å². The Morgan fingerprint density at radius 3 is 1.43 bits per heavy atom. The zero-order valence-electron chi connectivity index (χ0n) is 25.6. The Bertz CT molecular complexity index is 2800. The average molecular weight is 597 g/mol. The zero-order chi connectivity index (χ0) is 30.9. The van der Waals surface area contributed by atoms with Gasteiger partial charge in [0.2, 0.25) is 0 Å². The van der Waals surface area contributed by atoms with Gasteiger partial charge in [-0.1, -0.05) is 133 Å². The number of furan rings is 1. The molecule has 0 saturated carbocycles. The van der Waals surface area contributed by atoms with E-state index in [0.717, 1.165) is 21.9 Å². The van der Waals surface area contributed by atoms with Crippen LogP contribution in [0.1, 0.15) is 0 Å². The third kappa shape index (κ3) is 4.10. The van der Waals surface area contributed by atoms with Crippen LogP contribution in [0.4, 0.5) is 0 Å². The summed E-state index contributed by atoms with van der Waals surface area (Å²) in [5.41, 5.74) is 9.21. The molecule has 9 aromatic carbocycles. The number of rotatable bonds is 3. The lowest BCUT2D eigenvalue weighted by atomic mass is 9.85. The van der Waals surface area contributed by atoms with Crippen molar-refractivity contribution in [2.75, 3.05) is 0 Å². The molecule has 0 radical (unpaired) electrons. The molecular weight excluding hydrogens is 569 g/mol. The number of fused-ring (bicyclic) bond motifs is 7. The smallest absolute Gasteiger partial charge is 0.136 e. The molecule has 0 aliphatic heterocycles. The molecule has 1 nitrogen and oxygen atoms in total. The molecule has 0 spiro atoms. The summed E-state index contributed by atoms with van der Waals surface area (Å²) in [6, 6.07) is 61.7. The van der Waals surface area contributed by atoms with E-state index in [-0.39, 0.29) is 0 Å². The van der Waals surface area contributed by atoms with Crippen molar-refractivity contribution in [1.29, 1.82) is 0 Å². The molecule has 0 bridgehead atoms. The molecule has 0 N–H and O–H groups in total. The quantitative estimate of drug-likeness (QED) is 0.185. The minimum absolute atomic E-state index is 0.913. The summed E-state index contributed by atoms with van der Waals surface area (Å²) >= 11 is 0. The molecule has 0 aliphatic carbocycles. The van der Waals surface area contributed by atoms with Crippen molar-refractivity contribution in [1.82, 2.24) is 0 Å². The van der Waals surface area contributed by atoms with Crippen LogP contribution in [-0.2, 0) is 0 Å². The second-order valence-electron chi connectivity index (χ2n) is 12.5. The van der Waals surface area contributed by atoms with Crippen LogP contribution < -0.4 is 0 Å². The van der Waals surface area contributed by atoms with Crippen LogP contribution in [-0.4, -0.2) is 0 Å². The highest BCUT2D eigenvalue weighted by Crippen LogP contribution is 2.45. The summed E-state index contributed by atoms with van der Waals surface area (Å²) in [6.07, 6.45) is 0. The summed E-state index contributed by atoms with van der Waals surface area (Å²) in [5.74, 6) is 0. The fourth-order valence-corrected chi connectivity index (χ4v) is 7.59. The maximum absolute atomic E-state index is 6.31. The lowest BCUT2D eigenvalue weighted by Gasteiger charge is -2.18. The summed E-state index contributed by atoms with van der Waals surface area (Å²) in [5, 5.41) is 12.3. The maximum atomic E-state index is 6.31. The Hall–Kier alpha value is -6.18. The standard InChI is InChI=1S/C46H28O/c1-2-11-30-24-36(21-20-29(30)10-1)46-39-18-7-5-16-37(39)45(38-17-6-8-19-40(38)46)35-15-9-14-31(25-35)34-22-23-43-41(27-34)42-26-32-12-3-4-13-33(32)28-44(42)47-43/h1-28H. The minimum atomic E-state index is 0.913. The molecule has 47 heavy (non-hydrogen) atoms. The average Bonchev–Trinajstić information content (AvgIpc) is 3.49. The van der Waals surface area contributed by atoms with Crippen LogP contribution in [0.3, 0.4) is 0 Å². The first-order valence-corrected chi connectivity index (χ1v) is 16.2. The van der Waals surface area contributed by atoms with Crippen molar-refractivity contribution in [3.05, 3.63) is 170 Å². The molecule has 0 unspecified atom stereocenters. The Kier molecular flexibility index (Phi) is 5.64. The lowest BCUT2D eigenvalue weighted by molar-refractivity contribution is 0.669. The molecule has 0 amide bonds. The zero-order valence-corrected chi connectivity index (χ0v) is 25.6. The molecular formula is C46H28O. The molecule has 10 aromatic rings. The van der Waals surface area contributed by atoms with Gasteiger partial charge in [-0.15, -0.1) is 0 Å². The van der Waals surface area contributed by atoms with Gasteiger partial charge in [0.1, 0.15) is 11.2 Å². The van der Waals surface area contributed by atoms with Crippen molar-refractivity contribution in [3.8, 4) is 33.4 Å². The first-order valence-electron chi connectivity index (χ1n) is 16.2. The third-order valence-electron chi connectivity index (χ3n) is 9.79. The first kappa shape index (κ1) is 26.1. The second kappa shape index (κ2) is 10.2. The van der Waals surface area contributed by atoms with Gasteiger partial charge in [-0.05, 0) is 113 Å². The van der Waals surface area contributed by atoms with E-state index in [1.807, 2.05) is 0 Å². The topological polar surface area (TPSA) is 13.1 Å². The largest absolute Gasteiger partial charge is 0.456 e. The van der Waals surface area contributed by atoms with Gasteiger partial charge < -0.3 is 4.42 Å². The van der Waals surface area contributed by atoms with E-state index < -0.39 is 0 Å². The Morgan fingerprint density at radius 1 is 0.255 bits per heavy atom. The highest BCUT2D eigenvalue weighted by atomic mass is 16.3. The van der Waals surface area contributed by atoms with Crippen LogP contribution in [0, 0.1) is 0 Å². The monoisotopic (exact) mass is 596 g/mol. The fourth-order valence-electron chi connectivity index (χ4n) is 7.59. The van der Waals surface area contributed by atoms with Gasteiger partial charge in [0.15, 0.2) is 0 Å². The summed E-state index contributed by atoms with van der Waals surface area (Å²) < 4.78 is 6.31. The number of benzene rings is 9. The second-order valence-corrected chi connectivity index (χ2v) is 12.5. The fraction of sp³-hybridized carbons (Fsp3) is 0. The summed E-state index contributed by atoms with van der Waals surface area (Å²) in [6.45, 7) is 0. The van der Waals surface area contributed by atoms with Crippen LogP contribution >= 0.6 is 0 Å². The molecule has 0 atom stereocenters. The van der Waals surface area contributed by atoms with Crippen molar-refractivity contribution < 1.29 is 4.42 Å². The van der Waals surface area contributed by atoms with E-state index in [1.165, 1.54) is 76.5 Å². The number of hydrogen-bond donors (Lipinski definition) is 0. The van der Waals surface area contributed by atoms with E-state index in [9.17, 15) is 0 Å². The lowest BCUT2D eigenvalue weighted by Crippen LogP contribution is -1.91. The van der Waals surface area contributed by atoms with Crippen LogP contribution in [0.2, 0.25) is 0 Å². The van der Waals surface area contributed by atoms with Crippen molar-refractivity contribution in [2.24, 2.45) is 0 Å². The van der Waals surface area contributed by atoms with E-state index in [0.29, 0.717) is 0 Å². The maximum Gasteiger partial charge on any atom is 0.136 e. The van der Waals surface area contributed by atoms with Crippen molar-refractivity contribution in [2.45, 2.75) is 0 Å². The van der Waals surface area contributed by atoms with Crippen molar-refractivity contribution >= 4 is 65.0 Å². The molecule has 0 fully saturated rings. The summed E-state index contributed by atoms with van der Waals surface area (Å²) in [7, 11) is 0. The van der Waals surface area contributed by atoms with Gasteiger partial charge in [0.25, 0.3) is 0 Å². The van der Waals surface area contributed by atoms with Gasteiger partial charge >= 0.3 is 0 Å². The molecule has 1 aromatic heterocycles. The Balaban J connectivity index is 1.18. The molecule has 0 saturated heterocycles. The van der Waals surface area contributed by atoms with Gasteiger partial charge in [-0.25, -0.2) is 0 Å². The summed E-state index contributed by atoms with van der Waals surface area (Å²) in [4.78, 5) is 0. The predicted octanol–water partition coefficient (Wildman–Crippen LogP) is 13.2. The van der Waals surface area contributed by atoms with Crippen LogP contribution in [0.15, 0.2) is 174 Å². The van der Waals surface area contributed by atoms with E-state index in [4.69, 9.17) is 4.42 Å². The molecule has 1 heteroatoms.